The molecular weight excluding hydrogens is 1580 g/mol. The lowest BCUT2D eigenvalue weighted by Gasteiger charge is -2.22. The molecule has 0 heterocycles. The molecule has 0 amide bonds. The summed E-state index contributed by atoms with van der Waals surface area (Å²) >= 11 is 0. The topological polar surface area (TPSA) is 169 Å². The van der Waals surface area contributed by atoms with Gasteiger partial charge in [0.25, 0.3) is 0 Å². The summed E-state index contributed by atoms with van der Waals surface area (Å²) in [5.41, 5.74) is 11.8. The van der Waals surface area contributed by atoms with Crippen molar-refractivity contribution in [3.8, 4) is 46.0 Å². The molecule has 0 radical (unpaired) electrons. The third-order valence-electron chi connectivity index (χ3n) is 24.8. The van der Waals surface area contributed by atoms with Crippen molar-refractivity contribution in [2.24, 2.45) is 11.8 Å². The minimum absolute atomic E-state index is 0.168. The zero-order valence-corrected chi connectivity index (χ0v) is 81.8. The van der Waals surface area contributed by atoms with Crippen LogP contribution in [0.15, 0.2) is 224 Å². The Bertz CT molecular complexity index is 3950. The van der Waals surface area contributed by atoms with Gasteiger partial charge in [-0.3, -0.25) is 9.59 Å². The molecule has 2 aliphatic rings. The van der Waals surface area contributed by atoms with Crippen molar-refractivity contribution in [3.05, 3.63) is 275 Å². The van der Waals surface area contributed by atoms with Crippen molar-refractivity contribution in [1.82, 2.24) is 0 Å². The minimum atomic E-state index is -0.277. The van der Waals surface area contributed by atoms with Crippen molar-refractivity contribution in [1.29, 1.82) is 0 Å². The summed E-state index contributed by atoms with van der Waals surface area (Å²) in [5.74, 6) is 10.8. The number of ether oxygens (including phenoxy) is 8. The Balaban J connectivity index is 0.000000309. The number of hydrogen-bond donors (Lipinski definition) is 3. The molecule has 11 unspecified atom stereocenters. The monoisotopic (exact) mass is 1740 g/mol. The molecule has 3 N–H and O–H groups in total. The molecule has 9 aromatic carbocycles. The van der Waals surface area contributed by atoms with Gasteiger partial charge in [-0.2, -0.15) is 0 Å². The van der Waals surface area contributed by atoms with E-state index in [1.54, 1.807) is 36.4 Å². The Kier molecular flexibility index (Phi) is 55.7. The van der Waals surface area contributed by atoms with Crippen LogP contribution in [0.3, 0.4) is 0 Å². The third-order valence-corrected chi connectivity index (χ3v) is 24.8. The molecule has 0 aromatic heterocycles. The smallest absolute Gasteiger partial charge is 0.308 e. The number of aromatic hydroxyl groups is 3. The number of carbonyl (C=O) groups is 2. The highest BCUT2D eigenvalue weighted by atomic mass is 16.7. The molecule has 2 aliphatic carbocycles. The maximum atomic E-state index is 10.7. The standard InChI is InChI=1S/2C20H32O2.C20H26O2.2C12H16O2.3C10H14O/c3*1-4-16(2)19-10-12-20(13-11-19)22-17(3)21-15-14-18-8-6-5-7-9-18;2*1-4-9(2)11-5-7-12(8-6-11)14-10(3)13;3*1-3-8(2)9-4-6-10(11)7-5-9/h2*10-13,16-18H,4-9,14-15H2,1-3H3;5-13,16-17H,4,14-15H2,1-3H3;2*5-9H,4H2,1-3H3;3*4-8,11H,3H2,1-2H3. The van der Waals surface area contributed by atoms with Gasteiger partial charge in [0.05, 0.1) is 19.8 Å². The van der Waals surface area contributed by atoms with E-state index in [-0.39, 0.29) is 30.8 Å². The van der Waals surface area contributed by atoms with Crippen LogP contribution < -0.4 is 23.7 Å². The van der Waals surface area contributed by atoms with E-state index in [1.165, 1.54) is 154 Å². The zero-order valence-electron chi connectivity index (χ0n) is 81.8. The van der Waals surface area contributed by atoms with Gasteiger partial charge in [0.15, 0.2) is 18.9 Å². The quantitative estimate of drug-likeness (QED) is 0.0193. The van der Waals surface area contributed by atoms with Crippen LogP contribution >= 0.6 is 0 Å². The first-order valence-electron chi connectivity index (χ1n) is 48.2. The second-order valence-electron chi connectivity index (χ2n) is 34.8. The van der Waals surface area contributed by atoms with E-state index in [4.69, 9.17) is 53.2 Å². The summed E-state index contributed by atoms with van der Waals surface area (Å²) in [7, 11) is 0. The first-order valence-corrected chi connectivity index (χ1v) is 48.2. The molecule has 0 aliphatic heterocycles. The Hall–Kier alpha value is -9.40. The first-order chi connectivity index (χ1) is 61.0. The molecule has 9 aromatic rings. The molecule has 2 fully saturated rings. The molecule has 11 rings (SSSR count). The molecule has 0 saturated heterocycles. The second-order valence-corrected chi connectivity index (χ2v) is 34.8. The molecule has 127 heavy (non-hydrogen) atoms. The fourth-order valence-corrected chi connectivity index (χ4v) is 14.4. The summed E-state index contributed by atoms with van der Waals surface area (Å²) in [5, 5.41) is 27.0. The van der Waals surface area contributed by atoms with E-state index in [9.17, 15) is 9.59 Å². The molecule has 0 spiro atoms. The minimum Gasteiger partial charge on any atom is -0.508 e. The van der Waals surface area contributed by atoms with Gasteiger partial charge >= 0.3 is 11.9 Å². The molecule has 13 heteroatoms. The van der Waals surface area contributed by atoms with Crippen LogP contribution in [-0.2, 0) is 30.2 Å². The molecular formula is C114H164O13. The SMILES string of the molecule is CCC(C)c1ccc(O)cc1.CCC(C)c1ccc(O)cc1.CCC(C)c1ccc(O)cc1.CCC(C)c1ccc(OC(C)=O)cc1.CCC(C)c1ccc(OC(C)=O)cc1.CCC(C)c1ccc(OC(C)OCCC2CCCCC2)cc1.CCC(C)c1ccc(OC(C)OCCC2CCCCC2)cc1.CCC(C)c1ccc(OC(C)OCCc2ccccc2)cc1. The fraction of sp³-hybridized carbons (Fsp3) is 0.509. The molecule has 13 nitrogen and oxygen atoms in total. The van der Waals surface area contributed by atoms with E-state index in [0.29, 0.717) is 82.7 Å². The first kappa shape index (κ1) is 110. The Morgan fingerprint density at radius 1 is 0.276 bits per heavy atom. The Labute approximate surface area is 768 Å². The Morgan fingerprint density at radius 2 is 0.480 bits per heavy atom. The highest BCUT2D eigenvalue weighted by molar-refractivity contribution is 5.69. The number of esters is 2. The van der Waals surface area contributed by atoms with Crippen LogP contribution in [0.1, 0.15) is 371 Å². The number of benzene rings is 9. The lowest BCUT2D eigenvalue weighted by molar-refractivity contribution is -0.132. The van der Waals surface area contributed by atoms with Crippen LogP contribution in [-0.4, -0.2) is 65.9 Å². The largest absolute Gasteiger partial charge is 0.508 e. The van der Waals surface area contributed by atoms with Gasteiger partial charge in [-0.05, 0) is 298 Å². The van der Waals surface area contributed by atoms with Crippen LogP contribution in [0.5, 0.6) is 46.0 Å². The lowest BCUT2D eigenvalue weighted by atomic mass is 9.87. The fourth-order valence-electron chi connectivity index (χ4n) is 14.4. The predicted molar refractivity (Wildman–Crippen MR) is 529 cm³/mol. The summed E-state index contributed by atoms with van der Waals surface area (Å²) < 4.78 is 44.8. The second kappa shape index (κ2) is 64.4. The number of hydrogen-bond acceptors (Lipinski definition) is 13. The predicted octanol–water partition coefficient (Wildman–Crippen LogP) is 32.0. The summed E-state index contributed by atoms with van der Waals surface area (Å²) in [4.78, 5) is 21.3. The number of rotatable bonds is 36. The number of phenols is 3. The van der Waals surface area contributed by atoms with Crippen molar-refractivity contribution < 1.29 is 62.8 Å². The van der Waals surface area contributed by atoms with Crippen LogP contribution in [0.25, 0.3) is 0 Å². The van der Waals surface area contributed by atoms with Gasteiger partial charge in [-0.1, -0.05) is 302 Å². The van der Waals surface area contributed by atoms with E-state index >= 15 is 0 Å². The number of phenolic OH excluding ortho intramolecular Hbond substituents is 3. The average Bonchev–Trinajstić information content (AvgIpc) is 0.899. The third kappa shape index (κ3) is 46.9. The van der Waals surface area contributed by atoms with E-state index in [2.05, 4.69) is 184 Å². The molecule has 11 atom stereocenters. The highest BCUT2D eigenvalue weighted by Crippen LogP contribution is 2.32. The van der Waals surface area contributed by atoms with Crippen molar-refractivity contribution in [2.45, 2.75) is 346 Å². The summed E-state index contributed by atoms with van der Waals surface area (Å²) in [6.45, 7) is 46.2. The van der Waals surface area contributed by atoms with Gasteiger partial charge < -0.3 is 53.2 Å². The number of carbonyl (C=O) groups excluding carboxylic acids is 2. The Morgan fingerprint density at radius 3 is 0.693 bits per heavy atom. The maximum Gasteiger partial charge on any atom is 0.308 e. The van der Waals surface area contributed by atoms with Gasteiger partial charge in [0, 0.05) is 13.8 Å². The molecule has 698 valence electrons. The average molecular weight is 1740 g/mol. The van der Waals surface area contributed by atoms with Crippen molar-refractivity contribution in [2.75, 3.05) is 19.8 Å². The zero-order chi connectivity index (χ0) is 93.3. The van der Waals surface area contributed by atoms with E-state index in [0.717, 1.165) is 87.2 Å². The van der Waals surface area contributed by atoms with Crippen LogP contribution in [0, 0.1) is 11.8 Å². The van der Waals surface area contributed by atoms with E-state index in [1.807, 2.05) is 136 Å². The molecule has 0 bridgehead atoms. The van der Waals surface area contributed by atoms with Crippen molar-refractivity contribution >= 4 is 11.9 Å². The van der Waals surface area contributed by atoms with Crippen LogP contribution in [0.2, 0.25) is 0 Å². The lowest BCUT2D eigenvalue weighted by Crippen LogP contribution is -2.19. The van der Waals surface area contributed by atoms with Crippen LogP contribution in [0.4, 0.5) is 0 Å². The van der Waals surface area contributed by atoms with Gasteiger partial charge in [-0.25, -0.2) is 0 Å². The summed E-state index contributed by atoms with van der Waals surface area (Å²) in [6, 6.07) is 73.2. The van der Waals surface area contributed by atoms with Gasteiger partial charge in [-0.15, -0.1) is 0 Å². The van der Waals surface area contributed by atoms with Gasteiger partial charge in [0.1, 0.15) is 46.0 Å². The highest BCUT2D eigenvalue weighted by Gasteiger charge is 2.18. The maximum absolute atomic E-state index is 10.7. The van der Waals surface area contributed by atoms with Gasteiger partial charge in [0.2, 0.25) is 0 Å². The van der Waals surface area contributed by atoms with Crippen molar-refractivity contribution in [3.63, 3.8) is 0 Å². The summed E-state index contributed by atoms with van der Waals surface area (Å²) in [6.07, 6.45) is 25.8. The van der Waals surface area contributed by atoms with E-state index < -0.39 is 0 Å². The normalized spacial score (nSPS) is 14.9. The molecule has 2 saturated carbocycles.